The molecular weight excluding hydrogens is 244 g/mol. The highest BCUT2D eigenvalue weighted by Gasteiger charge is 2.04. The van der Waals surface area contributed by atoms with Gasteiger partial charge in [0.1, 0.15) is 0 Å². The number of nitrogen functional groups attached to an aromatic ring is 1. The highest BCUT2D eigenvalue weighted by atomic mass is 32.1. The van der Waals surface area contributed by atoms with Gasteiger partial charge >= 0.3 is 0 Å². The largest absolute Gasteiger partial charge is 0.375 e. The Kier molecular flexibility index (Phi) is 2.82. The van der Waals surface area contributed by atoms with Crippen molar-refractivity contribution in [1.82, 2.24) is 14.8 Å². The SMILES string of the molecule is Nc1nc(Cn2cc(-c3ccccc3)cn2)cs1. The zero-order valence-corrected chi connectivity index (χ0v) is 10.5. The van der Waals surface area contributed by atoms with E-state index in [-0.39, 0.29) is 0 Å². The Hall–Kier alpha value is -2.14. The molecule has 3 aromatic rings. The van der Waals surface area contributed by atoms with Gasteiger partial charge in [-0.3, -0.25) is 4.68 Å². The fourth-order valence-corrected chi connectivity index (χ4v) is 2.34. The molecule has 2 heterocycles. The first-order chi connectivity index (χ1) is 8.81. The molecule has 0 saturated carbocycles. The molecule has 0 aliphatic heterocycles. The Morgan fingerprint density at radius 3 is 2.72 bits per heavy atom. The number of anilines is 1. The van der Waals surface area contributed by atoms with E-state index in [1.165, 1.54) is 16.9 Å². The van der Waals surface area contributed by atoms with E-state index in [1.807, 2.05) is 40.7 Å². The maximum absolute atomic E-state index is 5.61. The Morgan fingerprint density at radius 1 is 1.17 bits per heavy atom. The lowest BCUT2D eigenvalue weighted by Gasteiger charge is -1.97. The number of hydrogen-bond acceptors (Lipinski definition) is 4. The Balaban J connectivity index is 1.82. The maximum Gasteiger partial charge on any atom is 0.180 e. The summed E-state index contributed by atoms with van der Waals surface area (Å²) in [5.41, 5.74) is 8.83. The van der Waals surface area contributed by atoms with Gasteiger partial charge in [0.25, 0.3) is 0 Å². The minimum atomic E-state index is 0.598. The third-order valence-corrected chi connectivity index (χ3v) is 3.36. The van der Waals surface area contributed by atoms with Gasteiger partial charge in [0.15, 0.2) is 5.13 Å². The molecule has 18 heavy (non-hydrogen) atoms. The van der Waals surface area contributed by atoms with Gasteiger partial charge in [-0.2, -0.15) is 5.10 Å². The van der Waals surface area contributed by atoms with Gasteiger partial charge in [0.05, 0.1) is 18.4 Å². The zero-order chi connectivity index (χ0) is 12.4. The summed E-state index contributed by atoms with van der Waals surface area (Å²) in [6.07, 6.45) is 3.88. The first-order valence-corrected chi connectivity index (χ1v) is 6.47. The van der Waals surface area contributed by atoms with Crippen LogP contribution in [0.4, 0.5) is 5.13 Å². The van der Waals surface area contributed by atoms with Crippen LogP contribution < -0.4 is 5.73 Å². The van der Waals surface area contributed by atoms with E-state index >= 15 is 0 Å². The van der Waals surface area contributed by atoms with Crippen molar-refractivity contribution >= 4 is 16.5 Å². The van der Waals surface area contributed by atoms with E-state index in [4.69, 9.17) is 5.73 Å². The molecule has 0 fully saturated rings. The van der Waals surface area contributed by atoms with Gasteiger partial charge < -0.3 is 5.73 Å². The fourth-order valence-electron chi connectivity index (χ4n) is 1.79. The quantitative estimate of drug-likeness (QED) is 0.783. The Morgan fingerprint density at radius 2 is 2.00 bits per heavy atom. The van der Waals surface area contributed by atoms with E-state index in [1.54, 1.807) is 0 Å². The lowest BCUT2D eigenvalue weighted by Crippen LogP contribution is -2.00. The predicted molar refractivity (Wildman–Crippen MR) is 73.3 cm³/mol. The second-order valence-corrected chi connectivity index (χ2v) is 4.86. The molecule has 0 bridgehead atoms. The van der Waals surface area contributed by atoms with E-state index in [2.05, 4.69) is 22.2 Å². The number of rotatable bonds is 3. The minimum Gasteiger partial charge on any atom is -0.375 e. The Labute approximate surface area is 109 Å². The molecule has 3 rings (SSSR count). The minimum absolute atomic E-state index is 0.598. The molecular formula is C13H12N4S. The van der Waals surface area contributed by atoms with Crippen LogP contribution in [0.1, 0.15) is 5.69 Å². The number of nitrogens with two attached hydrogens (primary N) is 1. The average molecular weight is 256 g/mol. The molecule has 90 valence electrons. The van der Waals surface area contributed by atoms with Gasteiger partial charge in [-0.05, 0) is 5.56 Å². The third-order valence-electron chi connectivity index (χ3n) is 2.63. The molecule has 0 spiro atoms. The van der Waals surface area contributed by atoms with Crippen molar-refractivity contribution in [2.24, 2.45) is 0 Å². The molecule has 0 amide bonds. The molecule has 5 heteroatoms. The summed E-state index contributed by atoms with van der Waals surface area (Å²) in [6.45, 7) is 0.653. The van der Waals surface area contributed by atoms with Crippen molar-refractivity contribution in [2.45, 2.75) is 6.54 Å². The van der Waals surface area contributed by atoms with Crippen molar-refractivity contribution in [3.8, 4) is 11.1 Å². The van der Waals surface area contributed by atoms with Crippen LogP contribution in [0, 0.1) is 0 Å². The molecule has 2 aromatic heterocycles. The number of hydrogen-bond donors (Lipinski definition) is 1. The lowest BCUT2D eigenvalue weighted by atomic mass is 10.1. The molecule has 0 unspecified atom stereocenters. The van der Waals surface area contributed by atoms with Crippen molar-refractivity contribution in [3.05, 3.63) is 53.8 Å². The first kappa shape index (κ1) is 11.0. The van der Waals surface area contributed by atoms with Gasteiger partial charge in [0.2, 0.25) is 0 Å². The van der Waals surface area contributed by atoms with Gasteiger partial charge in [0, 0.05) is 17.1 Å². The van der Waals surface area contributed by atoms with E-state index in [0.717, 1.165) is 11.3 Å². The van der Waals surface area contributed by atoms with Crippen LogP contribution in [0.5, 0.6) is 0 Å². The zero-order valence-electron chi connectivity index (χ0n) is 9.65. The highest BCUT2D eigenvalue weighted by molar-refractivity contribution is 7.13. The number of benzene rings is 1. The summed E-state index contributed by atoms with van der Waals surface area (Å²) in [5, 5.41) is 6.89. The number of thiazole rings is 1. The molecule has 0 aliphatic carbocycles. The van der Waals surface area contributed by atoms with Crippen LogP contribution in [0.2, 0.25) is 0 Å². The second-order valence-electron chi connectivity index (χ2n) is 3.97. The monoisotopic (exact) mass is 256 g/mol. The molecule has 0 saturated heterocycles. The number of nitrogens with zero attached hydrogens (tertiary/aromatic N) is 3. The van der Waals surface area contributed by atoms with Crippen molar-refractivity contribution in [2.75, 3.05) is 5.73 Å². The standard InChI is InChI=1S/C13H12N4S/c14-13-16-12(9-18-13)8-17-7-11(6-15-17)10-4-2-1-3-5-10/h1-7,9H,8H2,(H2,14,16). The van der Waals surface area contributed by atoms with E-state index in [0.29, 0.717) is 11.7 Å². The van der Waals surface area contributed by atoms with Crippen LogP contribution in [0.3, 0.4) is 0 Å². The van der Waals surface area contributed by atoms with Crippen molar-refractivity contribution < 1.29 is 0 Å². The van der Waals surface area contributed by atoms with E-state index < -0.39 is 0 Å². The Bertz CT molecular complexity index is 642. The summed E-state index contributed by atoms with van der Waals surface area (Å²) < 4.78 is 1.87. The molecule has 0 aliphatic rings. The van der Waals surface area contributed by atoms with Gasteiger partial charge in [-0.1, -0.05) is 30.3 Å². The molecule has 1 aromatic carbocycles. The summed E-state index contributed by atoms with van der Waals surface area (Å²) in [4.78, 5) is 4.22. The smallest absolute Gasteiger partial charge is 0.180 e. The predicted octanol–water partition coefficient (Wildman–Crippen LogP) is 2.64. The number of aromatic nitrogens is 3. The summed E-state index contributed by atoms with van der Waals surface area (Å²) in [5.74, 6) is 0. The summed E-state index contributed by atoms with van der Waals surface area (Å²) in [7, 11) is 0. The van der Waals surface area contributed by atoms with Crippen LogP contribution >= 0.6 is 11.3 Å². The van der Waals surface area contributed by atoms with Crippen molar-refractivity contribution in [1.29, 1.82) is 0 Å². The third kappa shape index (κ3) is 2.26. The van der Waals surface area contributed by atoms with Gasteiger partial charge in [-0.25, -0.2) is 4.98 Å². The fraction of sp³-hybridized carbons (Fsp3) is 0.0769. The highest BCUT2D eigenvalue weighted by Crippen LogP contribution is 2.18. The average Bonchev–Trinajstić information content (AvgIpc) is 3.01. The van der Waals surface area contributed by atoms with Crippen molar-refractivity contribution in [3.63, 3.8) is 0 Å². The van der Waals surface area contributed by atoms with Crippen LogP contribution in [0.15, 0.2) is 48.1 Å². The summed E-state index contributed by atoms with van der Waals surface area (Å²) in [6, 6.07) is 10.2. The lowest BCUT2D eigenvalue weighted by molar-refractivity contribution is 0.676. The molecule has 0 radical (unpaired) electrons. The van der Waals surface area contributed by atoms with E-state index in [9.17, 15) is 0 Å². The maximum atomic E-state index is 5.61. The first-order valence-electron chi connectivity index (χ1n) is 5.59. The molecule has 4 nitrogen and oxygen atoms in total. The topological polar surface area (TPSA) is 56.7 Å². The summed E-state index contributed by atoms with van der Waals surface area (Å²) >= 11 is 1.45. The van der Waals surface area contributed by atoms with Gasteiger partial charge in [-0.15, -0.1) is 11.3 Å². The van der Waals surface area contributed by atoms with Crippen LogP contribution in [0.25, 0.3) is 11.1 Å². The normalized spacial score (nSPS) is 10.7. The van der Waals surface area contributed by atoms with Crippen LogP contribution in [-0.2, 0) is 6.54 Å². The second kappa shape index (κ2) is 4.62. The van der Waals surface area contributed by atoms with Crippen LogP contribution in [-0.4, -0.2) is 14.8 Å². The molecule has 0 atom stereocenters. The molecule has 2 N–H and O–H groups in total.